The summed E-state index contributed by atoms with van der Waals surface area (Å²) in [6.07, 6.45) is 6.14. The number of rotatable bonds is 3. The Kier molecular flexibility index (Phi) is 6.58. The molecule has 90 valence electrons. The minimum atomic E-state index is -1.28. The van der Waals surface area contributed by atoms with Gasteiger partial charge in [0.1, 0.15) is 12.4 Å². The van der Waals surface area contributed by atoms with Crippen LogP contribution in [0.1, 0.15) is 13.8 Å². The Hall–Kier alpha value is -1.85. The van der Waals surface area contributed by atoms with Gasteiger partial charge in [0.2, 0.25) is 12.2 Å². The molecule has 0 aromatic carbocycles. The first-order valence-corrected chi connectivity index (χ1v) is 4.91. The lowest BCUT2D eigenvalue weighted by Gasteiger charge is -1.99. The van der Waals surface area contributed by atoms with Crippen LogP contribution in [-0.4, -0.2) is 23.0 Å². The second kappa shape index (κ2) is 7.44. The second-order valence-corrected chi connectivity index (χ2v) is 3.19. The maximum absolute atomic E-state index is 9.95. The summed E-state index contributed by atoms with van der Waals surface area (Å²) in [5.74, 6) is -1.64. The number of aliphatic carboxylic acids is 1. The first-order valence-electron chi connectivity index (χ1n) is 4.91. The summed E-state index contributed by atoms with van der Waals surface area (Å²) in [5.41, 5.74) is 0. The lowest BCUT2D eigenvalue weighted by molar-refractivity contribution is -0.693. The van der Waals surface area contributed by atoms with E-state index in [0.717, 1.165) is 6.54 Å². The lowest BCUT2D eigenvalue weighted by Crippen LogP contribution is -2.36. The Morgan fingerprint density at radius 3 is 2.31 bits per heavy atom. The average molecular weight is 227 g/mol. The van der Waals surface area contributed by atoms with Gasteiger partial charge in [0, 0.05) is 6.92 Å². The molecular formula is C10H17N3O3. The predicted octanol–water partition coefficient (Wildman–Crippen LogP) is -1.80. The number of carboxylic acids is 1. The Balaban J connectivity index is 0.000000281. The van der Waals surface area contributed by atoms with Crippen molar-refractivity contribution in [3.05, 3.63) is 18.7 Å². The molecule has 1 aromatic rings. The molecule has 0 saturated heterocycles. The molecule has 1 N–H and O–H groups in total. The number of amides is 1. The zero-order valence-corrected chi connectivity index (χ0v) is 9.77. The summed E-state index contributed by atoms with van der Waals surface area (Å²) < 4.78 is 4.16. The molecule has 0 radical (unpaired) electrons. The fraction of sp³-hybridized carbons (Fsp3) is 0.500. The molecule has 0 aliphatic heterocycles. The van der Waals surface area contributed by atoms with Gasteiger partial charge in [-0.2, -0.15) is 0 Å². The van der Waals surface area contributed by atoms with Crippen LogP contribution in [0.5, 0.6) is 0 Å². The quantitative estimate of drug-likeness (QED) is 0.619. The first-order chi connectivity index (χ1) is 7.45. The fourth-order valence-electron chi connectivity index (χ4n) is 0.885. The molecule has 0 atom stereocenters. The Labute approximate surface area is 94.5 Å². The second-order valence-electron chi connectivity index (χ2n) is 3.19. The van der Waals surface area contributed by atoms with Gasteiger partial charge in [0.05, 0.1) is 26.1 Å². The molecule has 16 heavy (non-hydrogen) atoms. The van der Waals surface area contributed by atoms with Crippen molar-refractivity contribution in [2.45, 2.75) is 20.4 Å². The molecule has 0 unspecified atom stereocenters. The van der Waals surface area contributed by atoms with Crippen LogP contribution in [0.15, 0.2) is 18.7 Å². The summed E-state index contributed by atoms with van der Waals surface area (Å²) in [6, 6.07) is 0. The summed E-state index contributed by atoms with van der Waals surface area (Å²) in [7, 11) is 2.02. The van der Waals surface area contributed by atoms with Gasteiger partial charge in [-0.05, 0) is 6.92 Å². The predicted molar refractivity (Wildman–Crippen MR) is 55.0 cm³/mol. The molecule has 6 heteroatoms. The number of aromatic nitrogens is 2. The molecule has 0 saturated carbocycles. The van der Waals surface area contributed by atoms with E-state index >= 15 is 0 Å². The van der Waals surface area contributed by atoms with Crippen LogP contribution in [0, 0.1) is 0 Å². The third-order valence-corrected chi connectivity index (χ3v) is 1.67. The monoisotopic (exact) mass is 227 g/mol. The number of carboxylic acid groups (broad SMARTS) is 1. The molecule has 6 nitrogen and oxygen atoms in total. The van der Waals surface area contributed by atoms with Crippen molar-refractivity contribution in [3.63, 3.8) is 0 Å². The van der Waals surface area contributed by atoms with Crippen LogP contribution in [0.25, 0.3) is 0 Å². The van der Waals surface area contributed by atoms with Gasteiger partial charge in [-0.15, -0.1) is 0 Å². The first kappa shape index (κ1) is 14.2. The zero-order chi connectivity index (χ0) is 12.6. The molecule has 0 spiro atoms. The van der Waals surface area contributed by atoms with Crippen molar-refractivity contribution in [1.29, 1.82) is 0 Å². The number of carbonyl (C=O) groups is 2. The highest BCUT2D eigenvalue weighted by atomic mass is 16.4. The SMILES string of the molecule is CC(=O)NCC(=O)[O-].CC[n+]1ccn(C)c1. The third-order valence-electron chi connectivity index (χ3n) is 1.67. The molecule has 1 rings (SSSR count). The molecule has 1 heterocycles. The number of nitrogens with zero attached hydrogens (tertiary/aromatic N) is 2. The van der Waals surface area contributed by atoms with E-state index in [-0.39, 0.29) is 5.91 Å². The van der Waals surface area contributed by atoms with Crippen LogP contribution >= 0.6 is 0 Å². The highest BCUT2D eigenvalue weighted by Gasteiger charge is 1.92. The van der Waals surface area contributed by atoms with Crippen molar-refractivity contribution in [2.75, 3.05) is 6.54 Å². The lowest BCUT2D eigenvalue weighted by atomic mass is 10.6. The van der Waals surface area contributed by atoms with Crippen LogP contribution < -0.4 is 15.0 Å². The van der Waals surface area contributed by atoms with Gasteiger partial charge in [-0.3, -0.25) is 4.79 Å². The Morgan fingerprint density at radius 2 is 2.12 bits per heavy atom. The third kappa shape index (κ3) is 7.54. The number of carbonyl (C=O) groups excluding carboxylic acids is 2. The van der Waals surface area contributed by atoms with Crippen LogP contribution in [-0.2, 0) is 23.2 Å². The van der Waals surface area contributed by atoms with E-state index in [1.807, 2.05) is 23.1 Å². The van der Waals surface area contributed by atoms with Crippen LogP contribution in [0.4, 0.5) is 0 Å². The summed E-state index contributed by atoms with van der Waals surface area (Å²) in [4.78, 5) is 19.5. The standard InChI is InChI=1S/C6H11N2.C4H7NO3/c1-3-8-5-4-7(2)6-8;1-3(6)5-2-4(7)8/h4-6H,3H2,1-2H3;2H2,1H3,(H,5,6)(H,7,8)/q+1;/p-1. The number of hydrogen-bond acceptors (Lipinski definition) is 3. The van der Waals surface area contributed by atoms with Gasteiger partial charge in [0.25, 0.3) is 0 Å². The average Bonchev–Trinajstić information content (AvgIpc) is 2.62. The van der Waals surface area contributed by atoms with Gasteiger partial charge < -0.3 is 15.2 Å². The highest BCUT2D eigenvalue weighted by molar-refractivity contribution is 5.78. The number of nitrogens with one attached hydrogen (secondary N) is 1. The van der Waals surface area contributed by atoms with E-state index in [1.165, 1.54) is 6.92 Å². The van der Waals surface area contributed by atoms with E-state index in [1.54, 1.807) is 0 Å². The maximum atomic E-state index is 9.95. The molecule has 0 fully saturated rings. The van der Waals surface area contributed by atoms with Gasteiger partial charge in [-0.25, -0.2) is 9.13 Å². The van der Waals surface area contributed by atoms with Crippen molar-refractivity contribution in [2.24, 2.45) is 7.05 Å². The van der Waals surface area contributed by atoms with Crippen molar-refractivity contribution in [3.8, 4) is 0 Å². The molecular weight excluding hydrogens is 210 g/mol. The summed E-state index contributed by atoms with van der Waals surface area (Å²) in [6.45, 7) is 4.01. The van der Waals surface area contributed by atoms with E-state index in [4.69, 9.17) is 0 Å². The fourth-order valence-corrected chi connectivity index (χ4v) is 0.885. The zero-order valence-electron chi connectivity index (χ0n) is 9.77. The molecule has 0 aliphatic rings. The topological polar surface area (TPSA) is 78.0 Å². The number of imidazole rings is 1. The Bertz CT molecular complexity index is 333. The Morgan fingerprint density at radius 1 is 1.50 bits per heavy atom. The number of hydrogen-bond donors (Lipinski definition) is 1. The van der Waals surface area contributed by atoms with Crippen molar-refractivity contribution < 1.29 is 19.3 Å². The molecule has 1 aromatic heterocycles. The van der Waals surface area contributed by atoms with E-state index in [0.29, 0.717) is 0 Å². The molecule has 0 aliphatic carbocycles. The van der Waals surface area contributed by atoms with Gasteiger partial charge in [-0.1, -0.05) is 0 Å². The van der Waals surface area contributed by atoms with Gasteiger partial charge >= 0.3 is 0 Å². The minimum absolute atomic E-state index is 0.366. The van der Waals surface area contributed by atoms with Crippen LogP contribution in [0.2, 0.25) is 0 Å². The van der Waals surface area contributed by atoms with E-state index in [2.05, 4.69) is 24.0 Å². The highest BCUT2D eigenvalue weighted by Crippen LogP contribution is 1.74. The van der Waals surface area contributed by atoms with E-state index < -0.39 is 12.5 Å². The van der Waals surface area contributed by atoms with Crippen molar-refractivity contribution in [1.82, 2.24) is 9.88 Å². The van der Waals surface area contributed by atoms with E-state index in [9.17, 15) is 14.7 Å². The normalized spacial score (nSPS) is 8.94. The van der Waals surface area contributed by atoms with Gasteiger partial charge in [0.15, 0.2) is 0 Å². The smallest absolute Gasteiger partial charge is 0.243 e. The van der Waals surface area contributed by atoms with Crippen molar-refractivity contribution >= 4 is 11.9 Å². The van der Waals surface area contributed by atoms with Crippen LogP contribution in [0.3, 0.4) is 0 Å². The number of aryl methyl sites for hydroxylation is 2. The largest absolute Gasteiger partial charge is 0.548 e. The summed E-state index contributed by atoms with van der Waals surface area (Å²) in [5, 5.41) is 11.6. The maximum Gasteiger partial charge on any atom is 0.243 e. The summed E-state index contributed by atoms with van der Waals surface area (Å²) >= 11 is 0. The molecule has 1 amide bonds. The minimum Gasteiger partial charge on any atom is -0.548 e. The molecule has 0 bridgehead atoms.